The number of nitrogens with one attached hydrogen (secondary N) is 2. The van der Waals surface area contributed by atoms with Gasteiger partial charge in [-0.1, -0.05) is 32.0 Å². The van der Waals surface area contributed by atoms with Crippen molar-refractivity contribution in [2.45, 2.75) is 50.6 Å². The molecule has 0 aromatic carbocycles. The molecule has 0 saturated carbocycles. The van der Waals surface area contributed by atoms with Crippen LogP contribution in [0.15, 0.2) is 5.16 Å². The van der Waals surface area contributed by atoms with Crippen LogP contribution in [0.3, 0.4) is 0 Å². The maximum atomic E-state index is 11.9. The van der Waals surface area contributed by atoms with Crippen LogP contribution in [0.5, 0.6) is 0 Å². The van der Waals surface area contributed by atoms with E-state index in [2.05, 4.69) is 40.0 Å². The number of unbranched alkanes of at least 4 members (excludes halogenated alkanes) is 1. The van der Waals surface area contributed by atoms with Crippen molar-refractivity contribution in [1.82, 2.24) is 30.8 Å². The predicted molar refractivity (Wildman–Crippen MR) is 79.6 cm³/mol. The molecule has 1 aromatic rings. The van der Waals surface area contributed by atoms with Crippen molar-refractivity contribution in [1.29, 1.82) is 0 Å². The van der Waals surface area contributed by atoms with Gasteiger partial charge in [-0.25, -0.2) is 4.68 Å². The summed E-state index contributed by atoms with van der Waals surface area (Å²) in [5.74, 6) is 0.0321. The van der Waals surface area contributed by atoms with Crippen LogP contribution in [0.1, 0.15) is 33.6 Å². The summed E-state index contributed by atoms with van der Waals surface area (Å²) in [7, 11) is 0. The normalized spacial score (nSPS) is 12.3. The first-order valence-corrected chi connectivity index (χ1v) is 7.98. The van der Waals surface area contributed by atoms with Crippen LogP contribution in [-0.4, -0.2) is 51.0 Å². The Morgan fingerprint density at radius 3 is 2.90 bits per heavy atom. The smallest absolute Gasteiger partial charge is 0.233 e. The SMILES string of the molecule is CCCCNC(=O)C(C)Sc1nnnn1CCNCC. The van der Waals surface area contributed by atoms with Gasteiger partial charge in [-0.05, 0) is 30.3 Å². The zero-order valence-electron chi connectivity index (χ0n) is 12.4. The van der Waals surface area contributed by atoms with Gasteiger partial charge in [0.05, 0.1) is 11.8 Å². The van der Waals surface area contributed by atoms with E-state index < -0.39 is 0 Å². The molecule has 1 unspecified atom stereocenters. The molecular formula is C12H24N6OS. The number of hydrogen-bond donors (Lipinski definition) is 2. The van der Waals surface area contributed by atoms with Crippen LogP contribution in [0.4, 0.5) is 0 Å². The van der Waals surface area contributed by atoms with E-state index in [-0.39, 0.29) is 11.2 Å². The number of thioether (sulfide) groups is 1. The highest BCUT2D eigenvalue weighted by Crippen LogP contribution is 2.19. The number of amides is 1. The molecular weight excluding hydrogens is 276 g/mol. The van der Waals surface area contributed by atoms with E-state index in [1.165, 1.54) is 11.8 Å². The second-order valence-corrected chi connectivity index (χ2v) is 5.75. The fraction of sp³-hybridized carbons (Fsp3) is 0.833. The lowest BCUT2D eigenvalue weighted by atomic mass is 10.3. The third kappa shape index (κ3) is 5.87. The van der Waals surface area contributed by atoms with E-state index in [1.807, 2.05) is 6.92 Å². The molecule has 0 aliphatic rings. The topological polar surface area (TPSA) is 84.7 Å². The lowest BCUT2D eigenvalue weighted by Crippen LogP contribution is -2.32. The maximum absolute atomic E-state index is 11.9. The zero-order valence-corrected chi connectivity index (χ0v) is 13.2. The van der Waals surface area contributed by atoms with Gasteiger partial charge in [0.15, 0.2) is 0 Å². The van der Waals surface area contributed by atoms with Gasteiger partial charge in [0.25, 0.3) is 0 Å². The second-order valence-electron chi connectivity index (χ2n) is 4.44. The van der Waals surface area contributed by atoms with E-state index >= 15 is 0 Å². The van der Waals surface area contributed by atoms with E-state index in [1.54, 1.807) is 4.68 Å². The Labute approximate surface area is 124 Å². The minimum absolute atomic E-state index is 0.0321. The van der Waals surface area contributed by atoms with E-state index in [0.717, 1.165) is 32.5 Å². The first kappa shape index (κ1) is 16.9. The molecule has 0 fully saturated rings. The molecule has 2 N–H and O–H groups in total. The number of carbonyl (C=O) groups excluding carboxylic acids is 1. The van der Waals surface area contributed by atoms with Gasteiger partial charge in [0.2, 0.25) is 11.1 Å². The maximum Gasteiger partial charge on any atom is 0.233 e. The monoisotopic (exact) mass is 300 g/mol. The predicted octanol–water partition coefficient (Wildman–Crippen LogP) is 0.680. The highest BCUT2D eigenvalue weighted by molar-refractivity contribution is 8.00. The van der Waals surface area contributed by atoms with Crippen LogP contribution in [-0.2, 0) is 11.3 Å². The first-order valence-electron chi connectivity index (χ1n) is 7.10. The average Bonchev–Trinajstić information content (AvgIpc) is 2.86. The van der Waals surface area contributed by atoms with Crippen molar-refractivity contribution in [3.05, 3.63) is 0 Å². The molecule has 20 heavy (non-hydrogen) atoms. The van der Waals surface area contributed by atoms with Crippen molar-refractivity contribution in [3.63, 3.8) is 0 Å². The first-order chi connectivity index (χ1) is 9.69. The van der Waals surface area contributed by atoms with Crippen molar-refractivity contribution in [3.8, 4) is 0 Å². The summed E-state index contributed by atoms with van der Waals surface area (Å²) in [5.41, 5.74) is 0. The Morgan fingerprint density at radius 1 is 1.40 bits per heavy atom. The molecule has 0 bridgehead atoms. The standard InChI is InChI=1S/C12H24N6OS/c1-4-6-7-14-11(19)10(3)20-12-15-16-17-18(12)9-8-13-5-2/h10,13H,4-9H2,1-3H3,(H,14,19). The summed E-state index contributed by atoms with van der Waals surface area (Å²) in [6.07, 6.45) is 2.08. The lowest BCUT2D eigenvalue weighted by molar-refractivity contribution is -0.120. The summed E-state index contributed by atoms with van der Waals surface area (Å²) >= 11 is 1.39. The molecule has 0 aliphatic heterocycles. The molecule has 8 heteroatoms. The van der Waals surface area contributed by atoms with Crippen molar-refractivity contribution < 1.29 is 4.79 Å². The molecule has 0 radical (unpaired) electrons. The number of tetrazole rings is 1. The summed E-state index contributed by atoms with van der Waals surface area (Å²) in [6, 6.07) is 0. The third-order valence-corrected chi connectivity index (χ3v) is 3.80. The highest BCUT2D eigenvalue weighted by atomic mass is 32.2. The van der Waals surface area contributed by atoms with E-state index in [9.17, 15) is 4.79 Å². The van der Waals surface area contributed by atoms with Gasteiger partial charge in [0.1, 0.15) is 0 Å². The van der Waals surface area contributed by atoms with Gasteiger partial charge in [-0.2, -0.15) is 0 Å². The largest absolute Gasteiger partial charge is 0.355 e. The second kappa shape index (κ2) is 9.71. The van der Waals surface area contributed by atoms with Gasteiger partial charge in [-0.3, -0.25) is 4.79 Å². The molecule has 1 rings (SSSR count). The minimum atomic E-state index is -0.198. The van der Waals surface area contributed by atoms with Crippen molar-refractivity contribution in [2.75, 3.05) is 19.6 Å². The van der Waals surface area contributed by atoms with E-state index in [0.29, 0.717) is 11.7 Å². The Balaban J connectivity index is 2.42. The number of aromatic nitrogens is 4. The van der Waals surface area contributed by atoms with Gasteiger partial charge >= 0.3 is 0 Å². The molecule has 1 aromatic heterocycles. The number of nitrogens with zero attached hydrogens (tertiary/aromatic N) is 4. The van der Waals surface area contributed by atoms with Gasteiger partial charge in [0, 0.05) is 13.1 Å². The quantitative estimate of drug-likeness (QED) is 0.488. The lowest BCUT2D eigenvalue weighted by Gasteiger charge is -2.11. The highest BCUT2D eigenvalue weighted by Gasteiger charge is 2.17. The summed E-state index contributed by atoms with van der Waals surface area (Å²) < 4.78 is 1.73. The van der Waals surface area contributed by atoms with Crippen LogP contribution >= 0.6 is 11.8 Å². The number of carbonyl (C=O) groups is 1. The number of hydrogen-bond acceptors (Lipinski definition) is 6. The van der Waals surface area contributed by atoms with Crippen LogP contribution < -0.4 is 10.6 Å². The summed E-state index contributed by atoms with van der Waals surface area (Å²) in [6.45, 7) is 9.18. The molecule has 1 atom stereocenters. The molecule has 0 spiro atoms. The molecule has 0 saturated heterocycles. The molecule has 114 valence electrons. The van der Waals surface area contributed by atoms with Gasteiger partial charge in [-0.15, -0.1) is 5.10 Å². The molecule has 1 heterocycles. The molecule has 0 aliphatic carbocycles. The fourth-order valence-corrected chi connectivity index (χ4v) is 2.37. The van der Waals surface area contributed by atoms with Crippen LogP contribution in [0.25, 0.3) is 0 Å². The van der Waals surface area contributed by atoms with Crippen molar-refractivity contribution >= 4 is 17.7 Å². The Bertz CT molecular complexity index is 397. The van der Waals surface area contributed by atoms with Crippen LogP contribution in [0.2, 0.25) is 0 Å². The number of likely N-dealkylation sites (N-methyl/N-ethyl adjacent to an activating group) is 1. The van der Waals surface area contributed by atoms with Crippen LogP contribution in [0, 0.1) is 0 Å². The molecule has 7 nitrogen and oxygen atoms in total. The minimum Gasteiger partial charge on any atom is -0.355 e. The van der Waals surface area contributed by atoms with Crippen molar-refractivity contribution in [2.24, 2.45) is 0 Å². The summed E-state index contributed by atoms with van der Waals surface area (Å²) in [4.78, 5) is 11.9. The Kier molecular flexibility index (Phi) is 8.20. The Morgan fingerprint density at radius 2 is 2.20 bits per heavy atom. The third-order valence-electron chi connectivity index (χ3n) is 2.73. The zero-order chi connectivity index (χ0) is 14.8. The molecule has 1 amide bonds. The fourth-order valence-electron chi connectivity index (χ4n) is 1.53. The number of rotatable bonds is 10. The Hall–Kier alpha value is -1.15. The van der Waals surface area contributed by atoms with Gasteiger partial charge < -0.3 is 10.6 Å². The summed E-state index contributed by atoms with van der Waals surface area (Å²) in [5, 5.41) is 18.2. The van der Waals surface area contributed by atoms with E-state index in [4.69, 9.17) is 0 Å². The average molecular weight is 300 g/mol.